The van der Waals surface area contributed by atoms with Gasteiger partial charge in [0.05, 0.1) is 5.54 Å². The van der Waals surface area contributed by atoms with Gasteiger partial charge in [0.1, 0.15) is 4.21 Å². The molecule has 0 N–H and O–H groups in total. The number of hydrogen-bond acceptors (Lipinski definition) is 3. The molecular weight excluding hydrogens is 230 g/mol. The molecule has 0 aliphatic carbocycles. The van der Waals surface area contributed by atoms with Crippen LogP contribution in [0, 0.1) is 12.3 Å². The molecule has 1 heterocycles. The third-order valence-corrected chi connectivity index (χ3v) is 5.65. The summed E-state index contributed by atoms with van der Waals surface area (Å²) in [6.07, 6.45) is 5.30. The van der Waals surface area contributed by atoms with Gasteiger partial charge in [-0.05, 0) is 25.3 Å². The average molecular weight is 243 g/mol. The minimum atomic E-state index is -3.46. The largest absolute Gasteiger partial charge is 0.253 e. The molecular formula is C10H13NO2S2. The summed E-state index contributed by atoms with van der Waals surface area (Å²) in [5, 5.41) is 1.73. The van der Waals surface area contributed by atoms with E-state index >= 15 is 0 Å². The standard InChI is InChI=1S/C10H13NO2S2/c1-5-10(2,3)11(4)15(12,13)9-7-6-8-14-9/h1,6-8H,2-4H3. The van der Waals surface area contributed by atoms with Crippen molar-refractivity contribution in [3.05, 3.63) is 17.5 Å². The van der Waals surface area contributed by atoms with E-state index < -0.39 is 15.6 Å². The number of nitrogens with zero attached hydrogens (tertiary/aromatic N) is 1. The fourth-order valence-corrected chi connectivity index (χ4v) is 3.55. The van der Waals surface area contributed by atoms with Crippen LogP contribution in [0.1, 0.15) is 13.8 Å². The van der Waals surface area contributed by atoms with E-state index in [0.717, 1.165) is 0 Å². The molecule has 0 fully saturated rings. The second-order valence-electron chi connectivity index (χ2n) is 3.61. The summed E-state index contributed by atoms with van der Waals surface area (Å²) < 4.78 is 25.6. The van der Waals surface area contributed by atoms with Gasteiger partial charge in [0.15, 0.2) is 0 Å². The molecule has 0 aromatic carbocycles. The quantitative estimate of drug-likeness (QED) is 0.759. The average Bonchev–Trinajstić information content (AvgIpc) is 2.69. The molecule has 3 nitrogen and oxygen atoms in total. The highest BCUT2D eigenvalue weighted by atomic mass is 32.2. The third kappa shape index (κ3) is 2.23. The molecule has 0 amide bonds. The smallest absolute Gasteiger partial charge is 0.206 e. The summed E-state index contributed by atoms with van der Waals surface area (Å²) in [4.78, 5) is 0. The van der Waals surface area contributed by atoms with E-state index in [4.69, 9.17) is 6.42 Å². The molecule has 0 saturated heterocycles. The Bertz CT molecular complexity index is 466. The van der Waals surface area contributed by atoms with E-state index in [1.807, 2.05) is 0 Å². The summed E-state index contributed by atoms with van der Waals surface area (Å²) in [6, 6.07) is 3.28. The predicted octanol–water partition coefficient (Wildman–Crippen LogP) is 1.78. The SMILES string of the molecule is C#CC(C)(C)N(C)S(=O)(=O)c1cccs1. The molecule has 0 saturated carbocycles. The minimum absolute atomic E-state index is 0.313. The van der Waals surface area contributed by atoms with Crippen LogP contribution in [0.5, 0.6) is 0 Å². The van der Waals surface area contributed by atoms with Crippen LogP contribution in [0.2, 0.25) is 0 Å². The first-order valence-corrected chi connectivity index (χ1v) is 6.64. The number of hydrogen-bond donors (Lipinski definition) is 0. The van der Waals surface area contributed by atoms with Crippen LogP contribution in [0.15, 0.2) is 21.7 Å². The summed E-state index contributed by atoms with van der Waals surface area (Å²) in [6.45, 7) is 3.39. The van der Waals surface area contributed by atoms with Gasteiger partial charge in [0, 0.05) is 7.05 Å². The van der Waals surface area contributed by atoms with Gasteiger partial charge in [0.2, 0.25) is 0 Å². The van der Waals surface area contributed by atoms with Crippen molar-refractivity contribution in [2.24, 2.45) is 0 Å². The molecule has 0 spiro atoms. The minimum Gasteiger partial charge on any atom is -0.206 e. The molecule has 82 valence electrons. The maximum absolute atomic E-state index is 12.0. The Balaban J connectivity index is 3.16. The summed E-state index contributed by atoms with van der Waals surface area (Å²) in [5.41, 5.74) is -0.817. The first kappa shape index (κ1) is 12.2. The number of sulfonamides is 1. The first-order valence-electron chi connectivity index (χ1n) is 4.32. The van der Waals surface area contributed by atoms with Gasteiger partial charge >= 0.3 is 0 Å². The fraction of sp³-hybridized carbons (Fsp3) is 0.400. The zero-order chi connectivity index (χ0) is 11.7. The Morgan fingerprint density at radius 2 is 2.13 bits per heavy atom. The van der Waals surface area contributed by atoms with Crippen LogP contribution in [0.3, 0.4) is 0 Å². The normalized spacial score (nSPS) is 12.7. The Hall–Kier alpha value is -0.830. The van der Waals surface area contributed by atoms with Gasteiger partial charge < -0.3 is 0 Å². The molecule has 0 atom stereocenters. The van der Waals surface area contributed by atoms with E-state index in [-0.39, 0.29) is 0 Å². The van der Waals surface area contributed by atoms with Gasteiger partial charge in [-0.3, -0.25) is 0 Å². The van der Waals surface area contributed by atoms with Crippen LogP contribution in [0.25, 0.3) is 0 Å². The van der Waals surface area contributed by atoms with E-state index in [0.29, 0.717) is 4.21 Å². The lowest BCUT2D eigenvalue weighted by atomic mass is 10.1. The third-order valence-electron chi connectivity index (χ3n) is 2.25. The van der Waals surface area contributed by atoms with Gasteiger partial charge in [-0.2, -0.15) is 4.31 Å². The molecule has 15 heavy (non-hydrogen) atoms. The fourth-order valence-electron chi connectivity index (χ4n) is 0.937. The first-order chi connectivity index (χ1) is 6.82. The van der Waals surface area contributed by atoms with E-state index in [2.05, 4.69) is 5.92 Å². The summed E-state index contributed by atoms with van der Waals surface area (Å²) >= 11 is 1.19. The highest BCUT2D eigenvalue weighted by Gasteiger charge is 2.32. The Labute approximate surface area is 94.8 Å². The van der Waals surface area contributed by atoms with Crippen LogP contribution >= 0.6 is 11.3 Å². The molecule has 0 aliphatic heterocycles. The van der Waals surface area contributed by atoms with Crippen molar-refractivity contribution in [2.75, 3.05) is 7.05 Å². The molecule has 1 aromatic heterocycles. The van der Waals surface area contributed by atoms with Crippen molar-refractivity contribution >= 4 is 21.4 Å². The molecule has 5 heteroatoms. The van der Waals surface area contributed by atoms with Crippen molar-refractivity contribution < 1.29 is 8.42 Å². The Kier molecular flexibility index (Phi) is 3.24. The summed E-state index contributed by atoms with van der Waals surface area (Å²) in [5.74, 6) is 2.46. The topological polar surface area (TPSA) is 37.4 Å². The van der Waals surface area contributed by atoms with Gasteiger partial charge in [0.25, 0.3) is 10.0 Å². The van der Waals surface area contributed by atoms with Crippen LogP contribution < -0.4 is 0 Å². The predicted molar refractivity (Wildman–Crippen MR) is 62.2 cm³/mol. The van der Waals surface area contributed by atoms with Gasteiger partial charge in [-0.1, -0.05) is 12.0 Å². The number of rotatable bonds is 3. The van der Waals surface area contributed by atoms with E-state index in [1.54, 1.807) is 31.4 Å². The van der Waals surface area contributed by atoms with Gasteiger partial charge in [-0.15, -0.1) is 17.8 Å². The number of terminal acetylenes is 1. The van der Waals surface area contributed by atoms with Crippen molar-refractivity contribution in [3.63, 3.8) is 0 Å². The maximum Gasteiger partial charge on any atom is 0.253 e. The van der Waals surface area contributed by atoms with Crippen molar-refractivity contribution in [1.82, 2.24) is 4.31 Å². The lowest BCUT2D eigenvalue weighted by Gasteiger charge is -2.29. The lowest BCUT2D eigenvalue weighted by molar-refractivity contribution is 0.341. The van der Waals surface area contributed by atoms with E-state index in [1.165, 1.54) is 22.7 Å². The van der Waals surface area contributed by atoms with E-state index in [9.17, 15) is 8.42 Å². The van der Waals surface area contributed by atoms with Crippen molar-refractivity contribution in [2.45, 2.75) is 23.6 Å². The monoisotopic (exact) mass is 243 g/mol. The highest BCUT2D eigenvalue weighted by molar-refractivity contribution is 7.91. The Morgan fingerprint density at radius 1 is 1.53 bits per heavy atom. The molecule has 1 aromatic rings. The van der Waals surface area contributed by atoms with Crippen molar-refractivity contribution in [3.8, 4) is 12.3 Å². The molecule has 0 bridgehead atoms. The second kappa shape index (κ2) is 3.97. The van der Waals surface area contributed by atoms with Crippen LogP contribution in [-0.2, 0) is 10.0 Å². The van der Waals surface area contributed by atoms with Crippen molar-refractivity contribution in [1.29, 1.82) is 0 Å². The zero-order valence-corrected chi connectivity index (χ0v) is 10.5. The Morgan fingerprint density at radius 3 is 2.53 bits per heavy atom. The molecule has 0 aliphatic rings. The number of thiophene rings is 1. The maximum atomic E-state index is 12.0. The molecule has 0 radical (unpaired) electrons. The van der Waals surface area contributed by atoms with Crippen LogP contribution in [0.4, 0.5) is 0 Å². The summed E-state index contributed by atoms with van der Waals surface area (Å²) in [7, 11) is -1.96. The zero-order valence-electron chi connectivity index (χ0n) is 8.89. The van der Waals surface area contributed by atoms with Crippen LogP contribution in [-0.4, -0.2) is 25.3 Å². The molecule has 0 unspecified atom stereocenters. The molecule has 1 rings (SSSR count). The second-order valence-corrected chi connectivity index (χ2v) is 6.75. The van der Waals surface area contributed by atoms with Gasteiger partial charge in [-0.25, -0.2) is 8.42 Å². The highest BCUT2D eigenvalue weighted by Crippen LogP contribution is 2.25. The lowest BCUT2D eigenvalue weighted by Crippen LogP contribution is -2.43.